The number of nitrogens with zero attached hydrogens (tertiary/aromatic N) is 1. The molecule has 1 aliphatic rings. The Morgan fingerprint density at radius 3 is 2.85 bits per heavy atom. The van der Waals surface area contributed by atoms with Gasteiger partial charge in [-0.15, -0.1) is 0 Å². The van der Waals surface area contributed by atoms with Gasteiger partial charge in [-0.25, -0.2) is 0 Å². The quantitative estimate of drug-likeness (QED) is 0.715. The third kappa shape index (κ3) is 2.39. The average molecular weight is 261 g/mol. The predicted molar refractivity (Wildman–Crippen MR) is 87.6 cm³/mol. The van der Waals surface area contributed by atoms with E-state index in [0.29, 0.717) is 0 Å². The third-order valence-corrected chi connectivity index (χ3v) is 3.72. The Balaban J connectivity index is 1.95. The number of benzene rings is 1. The Morgan fingerprint density at radius 1 is 1.10 bits per heavy atom. The number of rotatable bonds is 2. The summed E-state index contributed by atoms with van der Waals surface area (Å²) in [4.78, 5) is 0. The molecule has 0 saturated heterocycles. The van der Waals surface area contributed by atoms with Crippen molar-refractivity contribution in [2.45, 2.75) is 13.3 Å². The number of fused-ring (bicyclic) bond motifs is 1. The first-order chi connectivity index (χ1) is 9.78. The van der Waals surface area contributed by atoms with Gasteiger partial charge < -0.3 is 4.57 Å². The molecule has 1 aliphatic carbocycles. The zero-order valence-electron chi connectivity index (χ0n) is 12.0. The van der Waals surface area contributed by atoms with E-state index < -0.39 is 0 Å². The summed E-state index contributed by atoms with van der Waals surface area (Å²) in [7, 11) is 2.08. The molecule has 0 saturated carbocycles. The average Bonchev–Trinajstić information content (AvgIpc) is 2.69. The number of aromatic nitrogens is 1. The molecule has 0 N–H and O–H groups in total. The van der Waals surface area contributed by atoms with Crippen LogP contribution in [0.3, 0.4) is 0 Å². The molecule has 20 heavy (non-hydrogen) atoms. The van der Waals surface area contributed by atoms with E-state index in [9.17, 15) is 0 Å². The van der Waals surface area contributed by atoms with E-state index in [4.69, 9.17) is 0 Å². The normalized spacial score (nSPS) is 15.5. The van der Waals surface area contributed by atoms with Crippen LogP contribution in [-0.4, -0.2) is 4.57 Å². The van der Waals surface area contributed by atoms with Gasteiger partial charge in [-0.3, -0.25) is 0 Å². The molecule has 3 rings (SSSR count). The second-order valence-electron chi connectivity index (χ2n) is 5.13. The molecule has 100 valence electrons. The van der Waals surface area contributed by atoms with E-state index in [2.05, 4.69) is 85.5 Å². The number of hydrogen-bond acceptors (Lipinski definition) is 0. The van der Waals surface area contributed by atoms with Gasteiger partial charge in [-0.05, 0) is 48.3 Å². The second-order valence-corrected chi connectivity index (χ2v) is 5.13. The highest BCUT2D eigenvalue weighted by atomic mass is 14.9. The summed E-state index contributed by atoms with van der Waals surface area (Å²) in [5.41, 5.74) is 5.14. The molecule has 1 aromatic carbocycles. The molecular formula is C19H19N. The van der Waals surface area contributed by atoms with Crippen LogP contribution in [0.5, 0.6) is 0 Å². The molecule has 1 aromatic heterocycles. The first kappa shape index (κ1) is 12.7. The molecule has 0 amide bonds. The highest BCUT2D eigenvalue weighted by Crippen LogP contribution is 2.25. The maximum atomic E-state index is 2.29. The summed E-state index contributed by atoms with van der Waals surface area (Å²) in [5.74, 6) is 0. The molecule has 0 bridgehead atoms. The smallest absolute Gasteiger partial charge is 0.0478 e. The molecule has 1 nitrogen and oxygen atoms in total. The van der Waals surface area contributed by atoms with Gasteiger partial charge in [0.05, 0.1) is 0 Å². The van der Waals surface area contributed by atoms with E-state index in [1.54, 1.807) is 0 Å². The van der Waals surface area contributed by atoms with Crippen molar-refractivity contribution in [1.82, 2.24) is 4.57 Å². The van der Waals surface area contributed by atoms with E-state index in [1.165, 1.54) is 27.6 Å². The van der Waals surface area contributed by atoms with Crippen LogP contribution in [0.2, 0.25) is 0 Å². The molecule has 2 aromatic rings. The fourth-order valence-corrected chi connectivity index (χ4v) is 2.64. The fourth-order valence-electron chi connectivity index (χ4n) is 2.64. The number of allylic oxidation sites excluding steroid dienone is 8. The van der Waals surface area contributed by atoms with E-state index in [0.717, 1.165) is 6.42 Å². The maximum absolute atomic E-state index is 2.29. The zero-order valence-corrected chi connectivity index (χ0v) is 12.0. The Hall–Kier alpha value is -2.28. The molecule has 1 heteroatoms. The van der Waals surface area contributed by atoms with Gasteiger partial charge in [0.2, 0.25) is 0 Å². The van der Waals surface area contributed by atoms with Gasteiger partial charge >= 0.3 is 0 Å². The first-order valence-electron chi connectivity index (χ1n) is 7.04. The summed E-state index contributed by atoms with van der Waals surface area (Å²) < 4.78 is 2.15. The van der Waals surface area contributed by atoms with Crippen LogP contribution in [0.15, 0.2) is 72.5 Å². The summed E-state index contributed by atoms with van der Waals surface area (Å²) in [6, 6.07) is 8.85. The first-order valence-corrected chi connectivity index (χ1v) is 7.04. The molecule has 0 unspecified atom stereocenters. The van der Waals surface area contributed by atoms with Crippen molar-refractivity contribution in [1.29, 1.82) is 0 Å². The van der Waals surface area contributed by atoms with Crippen LogP contribution in [0.25, 0.3) is 16.5 Å². The minimum atomic E-state index is 0.981. The largest absolute Gasteiger partial charge is 0.351 e. The maximum Gasteiger partial charge on any atom is 0.0478 e. The molecule has 1 heterocycles. The molecule has 0 aliphatic heterocycles. The summed E-state index contributed by atoms with van der Waals surface area (Å²) in [6.07, 6.45) is 16.3. The Labute approximate surface area is 120 Å². The van der Waals surface area contributed by atoms with E-state index in [-0.39, 0.29) is 0 Å². The van der Waals surface area contributed by atoms with Gasteiger partial charge in [-0.2, -0.15) is 0 Å². The van der Waals surface area contributed by atoms with Gasteiger partial charge in [-0.1, -0.05) is 42.5 Å². The van der Waals surface area contributed by atoms with Crippen LogP contribution < -0.4 is 0 Å². The minimum absolute atomic E-state index is 0.981. The van der Waals surface area contributed by atoms with Crippen molar-refractivity contribution in [3.8, 4) is 0 Å². The van der Waals surface area contributed by atoms with E-state index in [1.807, 2.05) is 0 Å². The van der Waals surface area contributed by atoms with Gasteiger partial charge in [0.1, 0.15) is 0 Å². The van der Waals surface area contributed by atoms with Crippen molar-refractivity contribution in [3.63, 3.8) is 0 Å². The minimum Gasteiger partial charge on any atom is -0.351 e. The molecule has 0 spiro atoms. The Bertz CT molecular complexity index is 751. The summed E-state index contributed by atoms with van der Waals surface area (Å²) >= 11 is 0. The Kier molecular flexibility index (Phi) is 3.42. The second kappa shape index (κ2) is 5.38. The zero-order chi connectivity index (χ0) is 13.9. The van der Waals surface area contributed by atoms with Crippen LogP contribution in [0.1, 0.15) is 18.9 Å². The predicted octanol–water partition coefficient (Wildman–Crippen LogP) is 5.02. The lowest BCUT2D eigenvalue weighted by Crippen LogP contribution is -1.85. The summed E-state index contributed by atoms with van der Waals surface area (Å²) in [5, 5.41) is 1.30. The van der Waals surface area contributed by atoms with Gasteiger partial charge in [0, 0.05) is 24.1 Å². The lowest BCUT2D eigenvalue weighted by atomic mass is 10.0. The summed E-state index contributed by atoms with van der Waals surface area (Å²) in [6.45, 7) is 2.05. The fraction of sp³-hybridized carbons (Fsp3) is 0.158. The lowest BCUT2D eigenvalue weighted by molar-refractivity contribution is 0.969. The third-order valence-electron chi connectivity index (χ3n) is 3.72. The SMILES string of the molecule is C/C=C/C1=CCC=C(c2ccc3c(ccn3C)c2)C=C1. The van der Waals surface area contributed by atoms with Crippen molar-refractivity contribution >= 4 is 16.5 Å². The number of hydrogen-bond donors (Lipinski definition) is 0. The van der Waals surface area contributed by atoms with Crippen molar-refractivity contribution in [2.75, 3.05) is 0 Å². The van der Waals surface area contributed by atoms with Crippen molar-refractivity contribution in [3.05, 3.63) is 78.1 Å². The van der Waals surface area contributed by atoms with E-state index >= 15 is 0 Å². The highest BCUT2D eigenvalue weighted by Gasteiger charge is 2.04. The lowest BCUT2D eigenvalue weighted by Gasteiger charge is -2.03. The van der Waals surface area contributed by atoms with Crippen LogP contribution in [-0.2, 0) is 7.05 Å². The van der Waals surface area contributed by atoms with Crippen molar-refractivity contribution in [2.24, 2.45) is 7.05 Å². The van der Waals surface area contributed by atoms with Crippen molar-refractivity contribution < 1.29 is 0 Å². The highest BCUT2D eigenvalue weighted by molar-refractivity contribution is 5.86. The standard InChI is InChI=1S/C19H19N/c1-3-5-15-6-4-7-16(9-8-15)17-10-11-19-18(14-17)12-13-20(19)2/h3,5-14H,4H2,1-2H3/b5-3+. The van der Waals surface area contributed by atoms with Gasteiger partial charge in [0.15, 0.2) is 0 Å². The topological polar surface area (TPSA) is 4.93 Å². The molecule has 0 atom stereocenters. The van der Waals surface area contributed by atoms with Gasteiger partial charge in [0.25, 0.3) is 0 Å². The van der Waals surface area contributed by atoms with Crippen LogP contribution >= 0.6 is 0 Å². The molecular weight excluding hydrogens is 242 g/mol. The molecule has 0 fully saturated rings. The number of aryl methyl sites for hydroxylation is 1. The van der Waals surface area contributed by atoms with Crippen LogP contribution in [0.4, 0.5) is 0 Å². The van der Waals surface area contributed by atoms with Crippen LogP contribution in [0, 0.1) is 0 Å². The molecule has 0 radical (unpaired) electrons. The Morgan fingerprint density at radius 2 is 2.00 bits per heavy atom. The monoisotopic (exact) mass is 261 g/mol.